The van der Waals surface area contributed by atoms with Crippen LogP contribution in [0.3, 0.4) is 0 Å². The summed E-state index contributed by atoms with van der Waals surface area (Å²) < 4.78 is 5.90. The fourth-order valence-corrected chi connectivity index (χ4v) is 4.04. The molecule has 2 aromatic heterocycles. The summed E-state index contributed by atoms with van der Waals surface area (Å²) in [5, 5.41) is 0.747. The quantitative estimate of drug-likeness (QED) is 0.712. The van der Waals surface area contributed by atoms with Crippen LogP contribution in [-0.2, 0) is 5.41 Å². The minimum atomic E-state index is -0.216. The molecule has 3 aromatic rings. The van der Waals surface area contributed by atoms with Crippen LogP contribution in [-0.4, -0.2) is 35.4 Å². The summed E-state index contributed by atoms with van der Waals surface area (Å²) in [4.78, 5) is 30.2. The summed E-state index contributed by atoms with van der Waals surface area (Å²) in [6.45, 7) is 8.25. The number of furan rings is 1. The zero-order chi connectivity index (χ0) is 20.8. The van der Waals surface area contributed by atoms with Gasteiger partial charge in [-0.3, -0.25) is 9.59 Å². The lowest BCUT2D eigenvalue weighted by Crippen LogP contribution is -2.29. The van der Waals surface area contributed by atoms with Gasteiger partial charge < -0.3 is 20.0 Å². The molecule has 1 aliphatic rings. The largest absolute Gasteiger partial charge is 0.463 e. The third-order valence-electron chi connectivity index (χ3n) is 5.75. The number of nitrogens with two attached hydrogens (primary N) is 1. The molecule has 1 atom stereocenters. The van der Waals surface area contributed by atoms with E-state index in [1.807, 2.05) is 17.0 Å². The predicted octanol–water partition coefficient (Wildman–Crippen LogP) is 3.51. The molecule has 4 rings (SSSR count). The molecule has 1 fully saturated rings. The highest BCUT2D eigenvalue weighted by atomic mass is 16.3. The first-order valence-corrected chi connectivity index (χ1v) is 10.0. The van der Waals surface area contributed by atoms with Crippen LogP contribution >= 0.6 is 0 Å². The minimum Gasteiger partial charge on any atom is -0.463 e. The first-order valence-electron chi connectivity index (χ1n) is 10.0. The number of rotatable bonds is 3. The van der Waals surface area contributed by atoms with E-state index in [9.17, 15) is 9.59 Å². The lowest BCUT2D eigenvalue weighted by Gasteiger charge is -2.21. The van der Waals surface area contributed by atoms with Crippen molar-refractivity contribution in [2.24, 2.45) is 11.7 Å². The normalized spacial score (nSPS) is 17.2. The molecule has 1 aliphatic heterocycles. The van der Waals surface area contributed by atoms with E-state index in [4.69, 9.17) is 10.2 Å². The van der Waals surface area contributed by atoms with Gasteiger partial charge >= 0.3 is 0 Å². The van der Waals surface area contributed by atoms with E-state index < -0.39 is 0 Å². The fourth-order valence-electron chi connectivity index (χ4n) is 4.04. The third kappa shape index (κ3) is 3.49. The molecule has 3 heterocycles. The Balaban J connectivity index is 1.88. The molecule has 29 heavy (non-hydrogen) atoms. The molecule has 1 unspecified atom stereocenters. The van der Waals surface area contributed by atoms with Gasteiger partial charge in [-0.1, -0.05) is 20.8 Å². The van der Waals surface area contributed by atoms with E-state index in [1.165, 1.54) is 0 Å². The van der Waals surface area contributed by atoms with E-state index in [0.29, 0.717) is 42.3 Å². The van der Waals surface area contributed by atoms with Gasteiger partial charge in [0, 0.05) is 35.8 Å². The first kappa shape index (κ1) is 19.5. The van der Waals surface area contributed by atoms with Gasteiger partial charge in [0.2, 0.25) is 0 Å². The minimum absolute atomic E-state index is 0.0429. The summed E-state index contributed by atoms with van der Waals surface area (Å²) in [7, 11) is 0. The average Bonchev–Trinajstić information content (AvgIpc) is 3.33. The van der Waals surface area contributed by atoms with Gasteiger partial charge in [0.1, 0.15) is 11.8 Å². The monoisotopic (exact) mass is 393 g/mol. The molecular formula is C23H27N3O3. The van der Waals surface area contributed by atoms with E-state index >= 15 is 0 Å². The van der Waals surface area contributed by atoms with Crippen molar-refractivity contribution >= 4 is 16.9 Å². The number of nitrogens with zero attached hydrogens (tertiary/aromatic N) is 1. The van der Waals surface area contributed by atoms with Crippen molar-refractivity contribution in [3.05, 3.63) is 58.2 Å². The highest BCUT2D eigenvalue weighted by Gasteiger charge is 2.30. The number of nitrogens with one attached hydrogen (secondary N) is 1. The molecule has 6 heteroatoms. The molecule has 6 nitrogen and oxygen atoms in total. The number of pyridine rings is 1. The van der Waals surface area contributed by atoms with Crippen molar-refractivity contribution in [3.8, 4) is 11.1 Å². The third-order valence-corrected chi connectivity index (χ3v) is 5.75. The van der Waals surface area contributed by atoms with Crippen LogP contribution < -0.4 is 11.3 Å². The Bertz CT molecular complexity index is 1120. The molecule has 1 amide bonds. The molecule has 1 saturated heterocycles. The highest BCUT2D eigenvalue weighted by molar-refractivity contribution is 6.07. The Morgan fingerprint density at radius 1 is 1.34 bits per heavy atom. The lowest BCUT2D eigenvalue weighted by molar-refractivity contribution is 0.0788. The molecule has 0 spiro atoms. The summed E-state index contributed by atoms with van der Waals surface area (Å²) in [5.74, 6) is 0.305. The first-order chi connectivity index (χ1) is 13.8. The summed E-state index contributed by atoms with van der Waals surface area (Å²) >= 11 is 0. The van der Waals surface area contributed by atoms with Gasteiger partial charge in [0.25, 0.3) is 11.5 Å². The number of aromatic nitrogens is 1. The Morgan fingerprint density at radius 3 is 2.79 bits per heavy atom. The number of fused-ring (bicyclic) bond motifs is 1. The Hall–Kier alpha value is -2.86. The lowest BCUT2D eigenvalue weighted by atomic mass is 9.84. The fraction of sp³-hybridized carbons (Fsp3) is 0.391. The van der Waals surface area contributed by atoms with Crippen molar-refractivity contribution in [2.45, 2.75) is 32.6 Å². The second kappa shape index (κ2) is 7.19. The Kier molecular flexibility index (Phi) is 4.82. The Labute approximate surface area is 169 Å². The molecule has 0 aliphatic carbocycles. The zero-order valence-electron chi connectivity index (χ0n) is 17.1. The van der Waals surface area contributed by atoms with Crippen molar-refractivity contribution in [1.29, 1.82) is 0 Å². The number of carbonyl (C=O) groups is 1. The van der Waals surface area contributed by atoms with E-state index in [-0.39, 0.29) is 16.9 Å². The summed E-state index contributed by atoms with van der Waals surface area (Å²) in [6, 6.07) is 7.48. The summed E-state index contributed by atoms with van der Waals surface area (Å²) in [6.07, 6.45) is 4.09. The van der Waals surface area contributed by atoms with E-state index in [2.05, 4.69) is 25.8 Å². The number of likely N-dealkylation sites (tertiary alicyclic amines) is 1. The van der Waals surface area contributed by atoms with Gasteiger partial charge in [-0.15, -0.1) is 0 Å². The Morgan fingerprint density at radius 2 is 2.14 bits per heavy atom. The number of hydrogen-bond donors (Lipinski definition) is 2. The maximum absolute atomic E-state index is 13.2. The maximum Gasteiger partial charge on any atom is 0.257 e. The van der Waals surface area contributed by atoms with Crippen LogP contribution in [0.2, 0.25) is 0 Å². The second-order valence-electron chi connectivity index (χ2n) is 8.85. The molecule has 152 valence electrons. The van der Waals surface area contributed by atoms with E-state index in [1.54, 1.807) is 24.6 Å². The number of benzene rings is 1. The smallest absolute Gasteiger partial charge is 0.257 e. The standard InChI is InChI=1S/C23H27N3O3/c1-23(2,3)19-10-15(16-5-4-7-25-21(16)27)9-17-18(13-29-20(17)19)22(28)26-8-6-14(11-24)12-26/h4-5,7,9-10,13-14H,6,8,11-12,24H2,1-3H3,(H,25,27). The second-order valence-corrected chi connectivity index (χ2v) is 8.85. The number of H-pyrrole nitrogens is 1. The van der Waals surface area contributed by atoms with Gasteiger partial charge in [-0.25, -0.2) is 0 Å². The molecular weight excluding hydrogens is 366 g/mol. The predicted molar refractivity (Wildman–Crippen MR) is 114 cm³/mol. The topological polar surface area (TPSA) is 92.3 Å². The number of hydrogen-bond acceptors (Lipinski definition) is 4. The van der Waals surface area contributed by atoms with Crippen LogP contribution in [0.4, 0.5) is 0 Å². The number of aromatic amines is 1. The average molecular weight is 393 g/mol. The van der Waals surface area contributed by atoms with Crippen LogP contribution in [0.5, 0.6) is 0 Å². The van der Waals surface area contributed by atoms with Crippen LogP contribution in [0.1, 0.15) is 43.1 Å². The van der Waals surface area contributed by atoms with Crippen molar-refractivity contribution in [3.63, 3.8) is 0 Å². The van der Waals surface area contributed by atoms with Crippen molar-refractivity contribution in [1.82, 2.24) is 9.88 Å². The van der Waals surface area contributed by atoms with Gasteiger partial charge in [0.05, 0.1) is 5.56 Å². The van der Waals surface area contributed by atoms with Gasteiger partial charge in [0.15, 0.2) is 0 Å². The highest BCUT2D eigenvalue weighted by Crippen LogP contribution is 2.37. The number of amides is 1. The SMILES string of the molecule is CC(C)(C)c1cc(-c2ccc[nH]c2=O)cc2c(C(=O)N3CCC(CN)C3)coc12. The van der Waals surface area contributed by atoms with Gasteiger partial charge in [-0.05, 0) is 54.1 Å². The number of carbonyl (C=O) groups excluding carboxylic acids is 1. The van der Waals surface area contributed by atoms with Crippen LogP contribution in [0, 0.1) is 5.92 Å². The van der Waals surface area contributed by atoms with Crippen LogP contribution in [0.25, 0.3) is 22.1 Å². The molecule has 0 radical (unpaired) electrons. The zero-order valence-corrected chi connectivity index (χ0v) is 17.1. The van der Waals surface area contributed by atoms with E-state index in [0.717, 1.165) is 22.9 Å². The molecule has 0 bridgehead atoms. The van der Waals surface area contributed by atoms with Crippen molar-refractivity contribution < 1.29 is 9.21 Å². The van der Waals surface area contributed by atoms with Crippen molar-refractivity contribution in [2.75, 3.05) is 19.6 Å². The molecule has 0 saturated carbocycles. The summed E-state index contributed by atoms with van der Waals surface area (Å²) in [5.41, 5.74) is 8.97. The maximum atomic E-state index is 13.2. The van der Waals surface area contributed by atoms with Crippen LogP contribution in [0.15, 0.2) is 45.9 Å². The molecule has 3 N–H and O–H groups in total. The van der Waals surface area contributed by atoms with Gasteiger partial charge in [-0.2, -0.15) is 0 Å². The molecule has 1 aromatic carbocycles.